The Morgan fingerprint density at radius 2 is 2.42 bits per heavy atom. The summed E-state index contributed by atoms with van der Waals surface area (Å²) in [6.07, 6.45) is 1.06. The molecule has 6 heteroatoms. The minimum atomic E-state index is -0.855. The Morgan fingerprint density at radius 1 is 1.75 bits per heavy atom. The van der Waals surface area contributed by atoms with Gasteiger partial charge in [-0.05, 0) is 0 Å². The third kappa shape index (κ3) is 1.26. The summed E-state index contributed by atoms with van der Waals surface area (Å²) in [6, 6.07) is 1.09. The highest BCUT2D eigenvalue weighted by molar-refractivity contribution is 5.90. The fraction of sp³-hybridized carbons (Fsp3) is 0.167. The number of furan rings is 1. The molecule has 12 heavy (non-hydrogen) atoms. The molecule has 0 atom stereocenters. The zero-order chi connectivity index (χ0) is 9.14. The molecule has 0 spiro atoms. The molecule has 6 nitrogen and oxygen atoms in total. The first-order valence-electron chi connectivity index (χ1n) is 2.97. The number of nitrogens with zero attached hydrogens (tertiary/aromatic N) is 1. The summed E-state index contributed by atoms with van der Waals surface area (Å²) in [5, 5.41) is 10.2. The molecule has 1 aromatic rings. The van der Waals surface area contributed by atoms with Crippen LogP contribution in [0.3, 0.4) is 0 Å². The van der Waals surface area contributed by atoms with E-state index in [-0.39, 0.29) is 11.4 Å². The number of nitro groups is 1. The lowest BCUT2D eigenvalue weighted by molar-refractivity contribution is -0.385. The van der Waals surface area contributed by atoms with Crippen molar-refractivity contribution in [3.8, 4) is 0 Å². The lowest BCUT2D eigenvalue weighted by Gasteiger charge is -1.92. The SMILES string of the molecule is COC(=O)c1occc1[N+](=O)[O-]. The van der Waals surface area contributed by atoms with E-state index in [1.165, 1.54) is 0 Å². The fourth-order valence-electron chi connectivity index (χ4n) is 0.692. The second-order valence-corrected chi connectivity index (χ2v) is 1.88. The smallest absolute Gasteiger partial charge is 0.381 e. The summed E-state index contributed by atoms with van der Waals surface area (Å²) >= 11 is 0. The lowest BCUT2D eigenvalue weighted by Crippen LogP contribution is -2.02. The minimum Gasteiger partial charge on any atom is -0.463 e. The average molecular weight is 171 g/mol. The predicted molar refractivity (Wildman–Crippen MR) is 36.7 cm³/mol. The van der Waals surface area contributed by atoms with Gasteiger partial charge in [-0.15, -0.1) is 0 Å². The second-order valence-electron chi connectivity index (χ2n) is 1.88. The topological polar surface area (TPSA) is 82.6 Å². The van der Waals surface area contributed by atoms with Gasteiger partial charge in [-0.3, -0.25) is 10.1 Å². The van der Waals surface area contributed by atoms with E-state index < -0.39 is 10.9 Å². The van der Waals surface area contributed by atoms with E-state index in [0.717, 1.165) is 19.4 Å². The first kappa shape index (κ1) is 8.25. The van der Waals surface area contributed by atoms with Crippen molar-refractivity contribution in [2.24, 2.45) is 0 Å². The summed E-state index contributed by atoms with van der Waals surface area (Å²) in [6.45, 7) is 0. The van der Waals surface area contributed by atoms with Crippen LogP contribution < -0.4 is 0 Å². The van der Waals surface area contributed by atoms with E-state index in [1.54, 1.807) is 0 Å². The van der Waals surface area contributed by atoms with Crippen LogP contribution in [-0.2, 0) is 4.74 Å². The average Bonchev–Trinajstić information content (AvgIpc) is 2.50. The molecule has 0 aliphatic heterocycles. The Kier molecular flexibility index (Phi) is 2.09. The van der Waals surface area contributed by atoms with Gasteiger partial charge in [0, 0.05) is 0 Å². The Morgan fingerprint density at radius 3 is 2.92 bits per heavy atom. The van der Waals surface area contributed by atoms with Crippen molar-refractivity contribution in [1.29, 1.82) is 0 Å². The third-order valence-electron chi connectivity index (χ3n) is 1.21. The lowest BCUT2D eigenvalue weighted by atomic mass is 10.4. The summed E-state index contributed by atoms with van der Waals surface area (Å²) in [5.41, 5.74) is -0.387. The van der Waals surface area contributed by atoms with Crippen molar-refractivity contribution >= 4 is 11.7 Å². The maximum absolute atomic E-state index is 10.8. The number of esters is 1. The Balaban J connectivity index is 3.07. The van der Waals surface area contributed by atoms with Gasteiger partial charge in [-0.2, -0.15) is 0 Å². The standard InChI is InChI=1S/C6H5NO5/c1-11-6(8)5-4(7(9)10)2-3-12-5/h2-3H,1H3. The first-order valence-corrected chi connectivity index (χ1v) is 2.97. The van der Waals surface area contributed by atoms with Crippen LogP contribution in [-0.4, -0.2) is 18.0 Å². The normalized spacial score (nSPS) is 9.42. The van der Waals surface area contributed by atoms with E-state index >= 15 is 0 Å². The summed E-state index contributed by atoms with van der Waals surface area (Å²) in [7, 11) is 1.12. The molecule has 0 fully saturated rings. The minimum absolute atomic E-state index is 0.387. The van der Waals surface area contributed by atoms with E-state index in [9.17, 15) is 14.9 Å². The summed E-state index contributed by atoms with van der Waals surface area (Å²) in [4.78, 5) is 20.3. The van der Waals surface area contributed by atoms with Gasteiger partial charge in [0.15, 0.2) is 0 Å². The highest BCUT2D eigenvalue weighted by Gasteiger charge is 2.24. The number of rotatable bonds is 2. The molecule has 0 radical (unpaired) electrons. The highest BCUT2D eigenvalue weighted by atomic mass is 16.6. The van der Waals surface area contributed by atoms with Crippen LogP contribution in [0.1, 0.15) is 10.6 Å². The zero-order valence-electron chi connectivity index (χ0n) is 6.14. The predicted octanol–water partition coefficient (Wildman–Crippen LogP) is 0.974. The van der Waals surface area contributed by atoms with Crippen LogP contribution >= 0.6 is 0 Å². The molecule has 0 aliphatic carbocycles. The fourth-order valence-corrected chi connectivity index (χ4v) is 0.692. The summed E-state index contributed by atoms with van der Waals surface area (Å²) < 4.78 is 8.81. The number of carbonyl (C=O) groups excluding carboxylic acids is 1. The number of methoxy groups -OCH3 is 1. The third-order valence-corrected chi connectivity index (χ3v) is 1.21. The van der Waals surface area contributed by atoms with Gasteiger partial charge in [0.25, 0.3) is 5.76 Å². The molecular formula is C6H5NO5. The first-order chi connectivity index (χ1) is 5.66. The molecule has 0 saturated heterocycles. The van der Waals surface area contributed by atoms with E-state index in [4.69, 9.17) is 0 Å². The Labute approximate surface area is 66.9 Å². The van der Waals surface area contributed by atoms with Crippen LogP contribution in [0.5, 0.6) is 0 Å². The van der Waals surface area contributed by atoms with Crippen LogP contribution in [0.25, 0.3) is 0 Å². The van der Waals surface area contributed by atoms with Gasteiger partial charge in [0.2, 0.25) is 0 Å². The molecular weight excluding hydrogens is 166 g/mol. The van der Waals surface area contributed by atoms with Gasteiger partial charge in [-0.1, -0.05) is 0 Å². The number of ether oxygens (including phenoxy) is 1. The molecule has 0 amide bonds. The van der Waals surface area contributed by atoms with Crippen molar-refractivity contribution in [1.82, 2.24) is 0 Å². The number of carbonyl (C=O) groups is 1. The van der Waals surface area contributed by atoms with E-state index in [2.05, 4.69) is 9.15 Å². The monoisotopic (exact) mass is 171 g/mol. The van der Waals surface area contributed by atoms with E-state index in [1.807, 2.05) is 0 Å². The van der Waals surface area contributed by atoms with Crippen molar-refractivity contribution in [3.63, 3.8) is 0 Å². The van der Waals surface area contributed by atoms with Gasteiger partial charge in [0.05, 0.1) is 24.4 Å². The van der Waals surface area contributed by atoms with Gasteiger partial charge in [0.1, 0.15) is 0 Å². The molecule has 1 heterocycles. The number of hydrogen-bond acceptors (Lipinski definition) is 5. The molecule has 0 saturated carbocycles. The van der Waals surface area contributed by atoms with Crippen LogP contribution in [0, 0.1) is 10.1 Å². The largest absolute Gasteiger partial charge is 0.463 e. The molecule has 0 aromatic carbocycles. The molecule has 0 bridgehead atoms. The second kappa shape index (κ2) is 3.04. The number of hydrogen-bond donors (Lipinski definition) is 0. The van der Waals surface area contributed by atoms with Gasteiger partial charge >= 0.3 is 11.7 Å². The molecule has 0 aliphatic rings. The maximum Gasteiger partial charge on any atom is 0.381 e. The van der Waals surface area contributed by atoms with Gasteiger partial charge < -0.3 is 9.15 Å². The molecule has 0 N–H and O–H groups in total. The zero-order valence-corrected chi connectivity index (χ0v) is 6.14. The van der Waals surface area contributed by atoms with E-state index in [0.29, 0.717) is 0 Å². The Bertz CT molecular complexity index is 315. The van der Waals surface area contributed by atoms with Crippen molar-refractivity contribution < 1.29 is 18.9 Å². The quantitative estimate of drug-likeness (QED) is 0.376. The van der Waals surface area contributed by atoms with Crippen molar-refractivity contribution in [2.75, 3.05) is 7.11 Å². The Hall–Kier alpha value is -1.85. The van der Waals surface area contributed by atoms with Crippen LogP contribution in [0.15, 0.2) is 16.7 Å². The molecule has 64 valence electrons. The molecule has 1 aromatic heterocycles. The van der Waals surface area contributed by atoms with Crippen molar-refractivity contribution in [3.05, 3.63) is 28.2 Å². The van der Waals surface area contributed by atoms with Crippen LogP contribution in [0.4, 0.5) is 5.69 Å². The highest BCUT2D eigenvalue weighted by Crippen LogP contribution is 2.19. The van der Waals surface area contributed by atoms with Crippen molar-refractivity contribution in [2.45, 2.75) is 0 Å². The molecule has 1 rings (SSSR count). The summed E-state index contributed by atoms with van der Waals surface area (Å²) in [5.74, 6) is -1.24. The molecule has 0 unspecified atom stereocenters. The van der Waals surface area contributed by atoms with Crippen LogP contribution in [0.2, 0.25) is 0 Å². The maximum atomic E-state index is 10.8. The van der Waals surface area contributed by atoms with Gasteiger partial charge in [-0.25, -0.2) is 4.79 Å².